The van der Waals surface area contributed by atoms with Gasteiger partial charge in [0.1, 0.15) is 12.0 Å². The highest BCUT2D eigenvalue weighted by Gasteiger charge is 2.21. The molecule has 1 aliphatic heterocycles. The lowest BCUT2D eigenvalue weighted by molar-refractivity contribution is -0.108. The normalized spacial score (nSPS) is 20.2. The Labute approximate surface area is 76.7 Å². The first-order valence-electron chi connectivity index (χ1n) is 4.43. The maximum Gasteiger partial charge on any atom is 0.141 e. The first-order chi connectivity index (χ1) is 6.42. The molecule has 0 aliphatic carbocycles. The van der Waals surface area contributed by atoms with Gasteiger partial charge in [0, 0.05) is 18.5 Å². The first kappa shape index (κ1) is 8.23. The zero-order valence-electron chi connectivity index (χ0n) is 7.27. The van der Waals surface area contributed by atoms with E-state index in [0.29, 0.717) is 13.0 Å². The van der Waals surface area contributed by atoms with Crippen LogP contribution in [0.25, 0.3) is 0 Å². The number of hydrogen-bond acceptors (Lipinski definition) is 3. The van der Waals surface area contributed by atoms with E-state index >= 15 is 0 Å². The summed E-state index contributed by atoms with van der Waals surface area (Å²) in [6, 6.07) is 3.75. The Kier molecular flexibility index (Phi) is 2.25. The second-order valence-electron chi connectivity index (χ2n) is 3.12. The maximum atomic E-state index is 10.4. The van der Waals surface area contributed by atoms with Crippen LogP contribution in [0.5, 0.6) is 5.75 Å². The summed E-state index contributed by atoms with van der Waals surface area (Å²) in [6.07, 6.45) is 4.13. The standard InChI is InChI=1S/C10H11NO2/c12-6-3-8-4-7-13-9-2-1-5-11-10(8)9/h1-2,5-6,8H,3-4,7H2. The number of ether oxygens (including phenoxy) is 1. The van der Waals surface area contributed by atoms with Gasteiger partial charge in [-0.3, -0.25) is 4.98 Å². The second-order valence-corrected chi connectivity index (χ2v) is 3.12. The lowest BCUT2D eigenvalue weighted by Gasteiger charge is -2.22. The number of fused-ring (bicyclic) bond motifs is 1. The van der Waals surface area contributed by atoms with E-state index in [1.54, 1.807) is 6.20 Å². The predicted octanol–water partition coefficient (Wildman–Crippen LogP) is 1.54. The third-order valence-corrected chi connectivity index (χ3v) is 2.29. The van der Waals surface area contributed by atoms with E-state index in [1.165, 1.54) is 0 Å². The van der Waals surface area contributed by atoms with Crippen molar-refractivity contribution in [3.05, 3.63) is 24.0 Å². The number of nitrogens with zero attached hydrogens (tertiary/aromatic N) is 1. The Balaban J connectivity index is 2.31. The van der Waals surface area contributed by atoms with Crippen molar-refractivity contribution in [3.8, 4) is 5.75 Å². The van der Waals surface area contributed by atoms with Crippen molar-refractivity contribution in [2.45, 2.75) is 18.8 Å². The Hall–Kier alpha value is -1.38. The van der Waals surface area contributed by atoms with Gasteiger partial charge in [0.25, 0.3) is 0 Å². The van der Waals surface area contributed by atoms with Crippen LogP contribution in [0.3, 0.4) is 0 Å². The lowest BCUT2D eigenvalue weighted by Crippen LogP contribution is -2.15. The predicted molar refractivity (Wildman–Crippen MR) is 47.8 cm³/mol. The molecule has 1 aromatic rings. The summed E-state index contributed by atoms with van der Waals surface area (Å²) in [7, 11) is 0. The van der Waals surface area contributed by atoms with Crippen LogP contribution in [-0.4, -0.2) is 17.9 Å². The highest BCUT2D eigenvalue weighted by atomic mass is 16.5. The van der Waals surface area contributed by atoms with Gasteiger partial charge in [0.2, 0.25) is 0 Å². The fraction of sp³-hybridized carbons (Fsp3) is 0.400. The number of carbonyl (C=O) groups excluding carboxylic acids is 1. The van der Waals surface area contributed by atoms with Crippen molar-refractivity contribution in [1.82, 2.24) is 4.98 Å². The molecule has 0 spiro atoms. The minimum Gasteiger partial charge on any atom is -0.492 e. The van der Waals surface area contributed by atoms with E-state index in [2.05, 4.69) is 4.98 Å². The van der Waals surface area contributed by atoms with Gasteiger partial charge in [0.15, 0.2) is 0 Å². The fourth-order valence-corrected chi connectivity index (χ4v) is 1.62. The third-order valence-electron chi connectivity index (χ3n) is 2.29. The summed E-state index contributed by atoms with van der Waals surface area (Å²) in [4.78, 5) is 14.6. The van der Waals surface area contributed by atoms with Gasteiger partial charge in [0.05, 0.1) is 12.3 Å². The average molecular weight is 177 g/mol. The zero-order chi connectivity index (χ0) is 9.10. The zero-order valence-corrected chi connectivity index (χ0v) is 7.27. The molecule has 3 nitrogen and oxygen atoms in total. The molecule has 0 aromatic carbocycles. The SMILES string of the molecule is O=CCC1CCOc2cccnc21. The first-order valence-corrected chi connectivity index (χ1v) is 4.43. The van der Waals surface area contributed by atoms with E-state index in [1.807, 2.05) is 12.1 Å². The van der Waals surface area contributed by atoms with Gasteiger partial charge in [-0.25, -0.2) is 0 Å². The number of aldehydes is 1. The molecule has 1 atom stereocenters. The maximum absolute atomic E-state index is 10.4. The lowest BCUT2D eigenvalue weighted by atomic mass is 9.95. The molecule has 13 heavy (non-hydrogen) atoms. The molecule has 2 heterocycles. The molecular formula is C10H11NO2. The summed E-state index contributed by atoms with van der Waals surface area (Å²) in [5.41, 5.74) is 0.931. The number of pyridine rings is 1. The Morgan fingerprint density at radius 2 is 2.62 bits per heavy atom. The fourth-order valence-electron chi connectivity index (χ4n) is 1.62. The molecule has 3 heteroatoms. The highest BCUT2D eigenvalue weighted by molar-refractivity contribution is 5.52. The molecule has 1 unspecified atom stereocenters. The minimum absolute atomic E-state index is 0.252. The van der Waals surface area contributed by atoms with Crippen molar-refractivity contribution in [2.75, 3.05) is 6.61 Å². The summed E-state index contributed by atoms with van der Waals surface area (Å²) in [5, 5.41) is 0. The van der Waals surface area contributed by atoms with Crippen molar-refractivity contribution < 1.29 is 9.53 Å². The summed E-state index contributed by atoms with van der Waals surface area (Å²) in [6.45, 7) is 0.692. The van der Waals surface area contributed by atoms with Crippen LogP contribution in [0.1, 0.15) is 24.5 Å². The third kappa shape index (κ3) is 1.54. The quantitative estimate of drug-likeness (QED) is 0.643. The van der Waals surface area contributed by atoms with Crippen LogP contribution >= 0.6 is 0 Å². The molecule has 0 saturated heterocycles. The van der Waals surface area contributed by atoms with E-state index in [0.717, 1.165) is 24.2 Å². The second kappa shape index (κ2) is 3.56. The van der Waals surface area contributed by atoms with E-state index in [-0.39, 0.29) is 5.92 Å². The van der Waals surface area contributed by atoms with Gasteiger partial charge in [-0.1, -0.05) is 0 Å². The van der Waals surface area contributed by atoms with Crippen LogP contribution in [0.4, 0.5) is 0 Å². The average Bonchev–Trinajstić information content (AvgIpc) is 2.19. The molecule has 0 radical (unpaired) electrons. The minimum atomic E-state index is 0.252. The van der Waals surface area contributed by atoms with Gasteiger partial charge >= 0.3 is 0 Å². The number of aromatic nitrogens is 1. The number of carbonyl (C=O) groups is 1. The van der Waals surface area contributed by atoms with Crippen LogP contribution in [0.15, 0.2) is 18.3 Å². The van der Waals surface area contributed by atoms with Crippen molar-refractivity contribution in [2.24, 2.45) is 0 Å². The molecular weight excluding hydrogens is 166 g/mol. The summed E-state index contributed by atoms with van der Waals surface area (Å²) >= 11 is 0. The molecule has 68 valence electrons. The smallest absolute Gasteiger partial charge is 0.141 e. The molecule has 0 bridgehead atoms. The highest BCUT2D eigenvalue weighted by Crippen LogP contribution is 2.32. The topological polar surface area (TPSA) is 39.2 Å². The Morgan fingerprint density at radius 1 is 1.69 bits per heavy atom. The van der Waals surface area contributed by atoms with E-state index in [9.17, 15) is 4.79 Å². The largest absolute Gasteiger partial charge is 0.492 e. The van der Waals surface area contributed by atoms with Crippen LogP contribution < -0.4 is 4.74 Å². The van der Waals surface area contributed by atoms with Gasteiger partial charge in [-0.15, -0.1) is 0 Å². The van der Waals surface area contributed by atoms with E-state index in [4.69, 9.17) is 4.74 Å². The number of hydrogen-bond donors (Lipinski definition) is 0. The Morgan fingerprint density at radius 3 is 3.46 bits per heavy atom. The Bertz CT molecular complexity index is 312. The molecule has 2 rings (SSSR count). The number of rotatable bonds is 2. The molecule has 0 fully saturated rings. The molecule has 0 amide bonds. The van der Waals surface area contributed by atoms with Crippen molar-refractivity contribution in [3.63, 3.8) is 0 Å². The molecule has 1 aliphatic rings. The van der Waals surface area contributed by atoms with E-state index < -0.39 is 0 Å². The molecule has 0 saturated carbocycles. The van der Waals surface area contributed by atoms with Crippen LogP contribution in [0, 0.1) is 0 Å². The van der Waals surface area contributed by atoms with Gasteiger partial charge in [-0.05, 0) is 18.6 Å². The van der Waals surface area contributed by atoms with Crippen LogP contribution in [-0.2, 0) is 4.79 Å². The van der Waals surface area contributed by atoms with Gasteiger partial charge < -0.3 is 9.53 Å². The summed E-state index contributed by atoms with van der Waals surface area (Å²) in [5.74, 6) is 1.09. The molecule has 1 aromatic heterocycles. The van der Waals surface area contributed by atoms with Gasteiger partial charge in [-0.2, -0.15) is 0 Å². The monoisotopic (exact) mass is 177 g/mol. The van der Waals surface area contributed by atoms with Crippen molar-refractivity contribution in [1.29, 1.82) is 0 Å². The molecule has 0 N–H and O–H groups in total. The van der Waals surface area contributed by atoms with Crippen LogP contribution in [0.2, 0.25) is 0 Å². The summed E-state index contributed by atoms with van der Waals surface area (Å²) < 4.78 is 5.42. The van der Waals surface area contributed by atoms with Crippen molar-refractivity contribution >= 4 is 6.29 Å².